The maximum atomic E-state index is 12.9. The summed E-state index contributed by atoms with van der Waals surface area (Å²) in [6.07, 6.45) is 3.38. The first-order valence-corrected chi connectivity index (χ1v) is 27.2. The lowest BCUT2D eigenvalue weighted by Gasteiger charge is -2.31. The third kappa shape index (κ3) is 11.7. The van der Waals surface area contributed by atoms with Crippen LogP contribution >= 0.6 is 0 Å². The largest absolute Gasteiger partial charge is 0.481 e. The number of aliphatic carboxylic acids is 1. The lowest BCUT2D eigenvalue weighted by Crippen LogP contribution is -2.31. The van der Waals surface area contributed by atoms with Gasteiger partial charge in [-0.15, -0.1) is 0 Å². The summed E-state index contributed by atoms with van der Waals surface area (Å²) in [4.78, 5) is 8.49. The van der Waals surface area contributed by atoms with E-state index in [2.05, 4.69) is 0 Å². The van der Waals surface area contributed by atoms with Gasteiger partial charge in [0.1, 0.15) is 21.2 Å². The number of anilines is 1. The highest BCUT2D eigenvalue weighted by molar-refractivity contribution is 7.87. The molecule has 1 atom stereocenters. The molecular formula is C34H45N2O20S6+. The summed E-state index contributed by atoms with van der Waals surface area (Å²) in [7, 11) is -30.2. The minimum atomic E-state index is -5.39. The Kier molecular flexibility index (Phi) is 14.6. The van der Waals surface area contributed by atoms with Gasteiger partial charge in [0, 0.05) is 53.9 Å². The molecule has 346 valence electrons. The van der Waals surface area contributed by atoms with Crippen LogP contribution in [0.5, 0.6) is 0 Å². The molecule has 0 radical (unpaired) electrons. The molecule has 22 nitrogen and oxygen atoms in total. The number of carboxylic acid groups (broad SMARTS) is 1. The van der Waals surface area contributed by atoms with Crippen molar-refractivity contribution in [1.82, 2.24) is 0 Å². The lowest BCUT2D eigenvalue weighted by atomic mass is 9.77. The van der Waals surface area contributed by atoms with Crippen LogP contribution in [0.4, 0.5) is 11.4 Å². The SMILES string of the molecule is CC1(C)C(C=CC=C2N(CCCS(=O)(=O)O)c3cc(S(=O)(=O)O)cc(S(=O)(=O)O)c3C2(C)CCCS(=O)(=O)O)=[N+](CCCCCC(=O)O)c2cc(S(=O)(=O)O)cc(S(=O)(=O)O)c21. The fourth-order valence-electron chi connectivity index (χ4n) is 7.89. The molecule has 7 N–H and O–H groups in total. The number of unbranched alkanes of at least 4 members (excludes halogenated alkanes) is 2. The van der Waals surface area contributed by atoms with Crippen LogP contribution in [-0.2, 0) is 76.3 Å². The van der Waals surface area contributed by atoms with E-state index in [9.17, 15) is 82.6 Å². The first kappa shape index (κ1) is 51.0. The first-order chi connectivity index (χ1) is 28.0. The highest BCUT2D eigenvalue weighted by atomic mass is 32.2. The molecule has 4 rings (SSSR count). The van der Waals surface area contributed by atoms with Crippen molar-refractivity contribution >= 4 is 83.8 Å². The molecule has 28 heteroatoms. The van der Waals surface area contributed by atoms with Gasteiger partial charge in [0.05, 0.1) is 27.4 Å². The highest BCUT2D eigenvalue weighted by Gasteiger charge is 2.50. The van der Waals surface area contributed by atoms with E-state index in [1.807, 2.05) is 0 Å². The monoisotopic (exact) mass is 993 g/mol. The summed E-state index contributed by atoms with van der Waals surface area (Å²) in [5.41, 5.74) is -3.89. The van der Waals surface area contributed by atoms with Crippen molar-refractivity contribution in [1.29, 1.82) is 0 Å². The van der Waals surface area contributed by atoms with Gasteiger partial charge >= 0.3 is 5.97 Å². The molecule has 2 aliphatic rings. The lowest BCUT2D eigenvalue weighted by molar-refractivity contribution is -0.438. The smallest absolute Gasteiger partial charge is 0.303 e. The molecule has 0 spiro atoms. The van der Waals surface area contributed by atoms with Crippen molar-refractivity contribution in [3.05, 3.63) is 59.3 Å². The quantitative estimate of drug-likeness (QED) is 0.0569. The van der Waals surface area contributed by atoms with Gasteiger partial charge in [-0.1, -0.05) is 6.08 Å². The summed E-state index contributed by atoms with van der Waals surface area (Å²) in [6, 6.07) is 2.81. The van der Waals surface area contributed by atoms with Crippen molar-refractivity contribution < 1.29 is 92.3 Å². The second kappa shape index (κ2) is 17.7. The predicted octanol–water partition coefficient (Wildman–Crippen LogP) is 2.86. The van der Waals surface area contributed by atoms with Gasteiger partial charge in [-0.3, -0.25) is 32.1 Å². The van der Waals surface area contributed by atoms with Gasteiger partial charge in [-0.25, -0.2) is 0 Å². The topological polar surface area (TPSA) is 370 Å². The van der Waals surface area contributed by atoms with Crippen LogP contribution in [0.15, 0.2) is 67.8 Å². The zero-order valence-electron chi connectivity index (χ0n) is 33.1. The Bertz CT molecular complexity index is 2960. The molecule has 0 aliphatic carbocycles. The van der Waals surface area contributed by atoms with E-state index < -0.39 is 128 Å². The number of fused-ring (bicyclic) bond motifs is 2. The molecule has 0 bridgehead atoms. The van der Waals surface area contributed by atoms with Crippen molar-refractivity contribution in [2.75, 3.05) is 29.5 Å². The maximum absolute atomic E-state index is 12.9. The summed E-state index contributed by atoms with van der Waals surface area (Å²) in [5.74, 6) is -2.82. The zero-order chi connectivity index (χ0) is 47.2. The van der Waals surface area contributed by atoms with Gasteiger partial charge in [-0.05, 0) is 77.2 Å². The second-order valence-electron chi connectivity index (χ2n) is 15.3. The first-order valence-electron chi connectivity index (χ1n) is 18.2. The van der Waals surface area contributed by atoms with Crippen LogP contribution in [-0.4, -0.2) is 124 Å². The summed E-state index contributed by atoms with van der Waals surface area (Å²) in [5, 5.41) is 9.10. The van der Waals surface area contributed by atoms with Crippen molar-refractivity contribution in [2.24, 2.45) is 0 Å². The number of hydrogen-bond donors (Lipinski definition) is 7. The summed E-state index contributed by atoms with van der Waals surface area (Å²) >= 11 is 0. The average Bonchev–Trinajstić information content (AvgIpc) is 3.44. The van der Waals surface area contributed by atoms with Gasteiger partial charge in [-0.2, -0.15) is 55.1 Å². The van der Waals surface area contributed by atoms with Crippen LogP contribution in [0.1, 0.15) is 76.8 Å². The summed E-state index contributed by atoms with van der Waals surface area (Å²) < 4.78 is 209. The molecule has 1 unspecified atom stereocenters. The Morgan fingerprint density at radius 3 is 1.68 bits per heavy atom. The third-order valence-corrected chi connectivity index (χ3v) is 15.5. The minimum Gasteiger partial charge on any atom is -0.481 e. The molecule has 2 aromatic rings. The van der Waals surface area contributed by atoms with E-state index >= 15 is 0 Å². The van der Waals surface area contributed by atoms with Gasteiger partial charge < -0.3 is 10.0 Å². The number of rotatable bonds is 20. The number of nitrogens with zero attached hydrogens (tertiary/aromatic N) is 2. The Balaban J connectivity index is 2.08. The summed E-state index contributed by atoms with van der Waals surface area (Å²) in [6.45, 7) is 3.91. The van der Waals surface area contributed by atoms with Crippen LogP contribution < -0.4 is 4.90 Å². The molecule has 2 heterocycles. The van der Waals surface area contributed by atoms with E-state index in [0.717, 1.165) is 12.1 Å². The molecule has 62 heavy (non-hydrogen) atoms. The molecule has 2 aromatic carbocycles. The number of carbonyl (C=O) groups is 1. The minimum absolute atomic E-state index is 0.0202. The molecule has 0 fully saturated rings. The molecule has 2 aliphatic heterocycles. The van der Waals surface area contributed by atoms with Crippen LogP contribution in [0, 0.1) is 0 Å². The number of benzene rings is 2. The van der Waals surface area contributed by atoms with E-state index in [0.29, 0.717) is 18.6 Å². The molecular weight excluding hydrogens is 949 g/mol. The second-order valence-corrected chi connectivity index (χ2v) is 24.1. The number of allylic oxidation sites excluding steroid dienone is 4. The normalized spacial score (nSPS) is 19.1. The van der Waals surface area contributed by atoms with E-state index in [1.165, 1.54) is 48.5 Å². The van der Waals surface area contributed by atoms with Gasteiger partial charge in [0.15, 0.2) is 5.71 Å². The third-order valence-electron chi connectivity index (χ3n) is 10.5. The van der Waals surface area contributed by atoms with Gasteiger partial charge in [0.2, 0.25) is 5.69 Å². The van der Waals surface area contributed by atoms with Gasteiger partial charge in [0.25, 0.3) is 60.7 Å². The van der Waals surface area contributed by atoms with E-state index in [1.54, 1.807) is 0 Å². The molecule has 0 saturated carbocycles. The Morgan fingerprint density at radius 2 is 1.18 bits per heavy atom. The zero-order valence-corrected chi connectivity index (χ0v) is 38.0. The maximum Gasteiger partial charge on any atom is 0.303 e. The van der Waals surface area contributed by atoms with Crippen LogP contribution in [0.2, 0.25) is 0 Å². The highest BCUT2D eigenvalue weighted by Crippen LogP contribution is 2.54. The Hall–Kier alpha value is -3.68. The van der Waals surface area contributed by atoms with E-state index in [4.69, 9.17) is 5.11 Å². The predicted molar refractivity (Wildman–Crippen MR) is 220 cm³/mol. The molecule has 0 aromatic heterocycles. The Labute approximate surface area is 359 Å². The molecule has 0 amide bonds. The number of hydrogen-bond acceptors (Lipinski definition) is 14. The van der Waals surface area contributed by atoms with Crippen LogP contribution in [0.3, 0.4) is 0 Å². The average molecular weight is 994 g/mol. The fraction of sp³-hybridized carbons (Fsp3) is 0.471. The van der Waals surface area contributed by atoms with Crippen LogP contribution in [0.25, 0.3) is 0 Å². The van der Waals surface area contributed by atoms with Crippen molar-refractivity contribution in [3.8, 4) is 0 Å². The Morgan fingerprint density at radius 1 is 0.661 bits per heavy atom. The van der Waals surface area contributed by atoms with Crippen molar-refractivity contribution in [2.45, 2.75) is 96.1 Å². The fourth-order valence-corrected chi connectivity index (χ4v) is 11.9. The standard InChI is InChI=1S/C34H44N2O20S6/c1-33(2)28(35(14-6-4-5-12-30(37)38)24-18-22(59(45,46)47)20-26(31(24)33)61(51,52)53)10-7-11-29-34(3,13-8-16-57(39,40)41)32-25(36(29)15-9-17-58(42,43)44)19-23(60(48,49)50)21-27(32)62(54,55)56/h7,10-11,18-21H,4-6,8-9,12-17H2,1-3H3,(H6-,37,38,39,40,41,42,43,44,45,46,47,48,49,50,51,52,53,54,55,56)/p+1. The number of carboxylic acids is 1. The van der Waals surface area contributed by atoms with E-state index in [-0.39, 0.29) is 66.1 Å². The van der Waals surface area contributed by atoms with Crippen molar-refractivity contribution in [3.63, 3.8) is 0 Å². The molecule has 0 saturated heterocycles.